The van der Waals surface area contributed by atoms with Gasteiger partial charge in [0.05, 0.1) is 9.40 Å². The molecule has 0 saturated heterocycles. The van der Waals surface area contributed by atoms with E-state index in [1.54, 1.807) is 12.1 Å². The van der Waals surface area contributed by atoms with E-state index in [2.05, 4.69) is 21.2 Å². The molecule has 100 valence electrons. The molecule has 1 aromatic rings. The minimum absolute atomic E-state index is 0.0812. The Morgan fingerprint density at radius 1 is 1.56 bits per heavy atom. The standard InChI is InChI=1S/C12H17BrN2O3/c1-9(4-5-16)7-14-8-10-2-3-11(13)12(6-10)15(17)18/h2-3,6,9,14,16H,4-5,7-8H2,1H3. The Bertz CT molecular complexity index is 412. The number of aliphatic hydroxyl groups is 1. The maximum atomic E-state index is 10.8. The summed E-state index contributed by atoms with van der Waals surface area (Å²) in [6.07, 6.45) is 0.757. The van der Waals surface area contributed by atoms with Crippen LogP contribution in [0.25, 0.3) is 0 Å². The van der Waals surface area contributed by atoms with E-state index < -0.39 is 4.92 Å². The molecule has 0 amide bonds. The lowest BCUT2D eigenvalue weighted by Gasteiger charge is -2.11. The molecular formula is C12H17BrN2O3. The van der Waals surface area contributed by atoms with Crippen molar-refractivity contribution in [1.29, 1.82) is 0 Å². The lowest BCUT2D eigenvalue weighted by atomic mass is 10.1. The van der Waals surface area contributed by atoms with Crippen molar-refractivity contribution in [3.8, 4) is 0 Å². The Morgan fingerprint density at radius 3 is 2.89 bits per heavy atom. The van der Waals surface area contributed by atoms with Gasteiger partial charge in [-0.3, -0.25) is 10.1 Å². The van der Waals surface area contributed by atoms with Crippen LogP contribution in [0, 0.1) is 16.0 Å². The SMILES string of the molecule is CC(CCO)CNCc1ccc(Br)c([N+](=O)[O-])c1. The molecule has 0 aromatic heterocycles. The molecule has 0 radical (unpaired) electrons. The van der Waals surface area contributed by atoms with Gasteiger partial charge in [0, 0.05) is 19.2 Å². The number of rotatable bonds is 7. The number of benzene rings is 1. The molecule has 6 heteroatoms. The van der Waals surface area contributed by atoms with Gasteiger partial charge in [-0.1, -0.05) is 13.0 Å². The number of hydrogen-bond donors (Lipinski definition) is 2. The molecule has 1 rings (SSSR count). The normalized spacial score (nSPS) is 12.4. The number of aliphatic hydroxyl groups excluding tert-OH is 1. The van der Waals surface area contributed by atoms with Gasteiger partial charge in [-0.05, 0) is 46.4 Å². The van der Waals surface area contributed by atoms with Gasteiger partial charge in [-0.25, -0.2) is 0 Å². The van der Waals surface area contributed by atoms with E-state index in [1.165, 1.54) is 0 Å². The van der Waals surface area contributed by atoms with Crippen molar-refractivity contribution in [1.82, 2.24) is 5.32 Å². The number of nitro benzene ring substituents is 1. The van der Waals surface area contributed by atoms with E-state index >= 15 is 0 Å². The topological polar surface area (TPSA) is 75.4 Å². The summed E-state index contributed by atoms with van der Waals surface area (Å²) in [5.41, 5.74) is 0.957. The van der Waals surface area contributed by atoms with Crippen LogP contribution in [0.15, 0.2) is 22.7 Å². The summed E-state index contributed by atoms with van der Waals surface area (Å²) in [4.78, 5) is 10.4. The molecule has 1 aromatic carbocycles. The molecule has 5 nitrogen and oxygen atoms in total. The van der Waals surface area contributed by atoms with Crippen molar-refractivity contribution in [3.63, 3.8) is 0 Å². The summed E-state index contributed by atoms with van der Waals surface area (Å²) in [6.45, 7) is 3.61. The maximum Gasteiger partial charge on any atom is 0.283 e. The van der Waals surface area contributed by atoms with Gasteiger partial charge < -0.3 is 10.4 Å². The second kappa shape index (κ2) is 7.45. The summed E-state index contributed by atoms with van der Waals surface area (Å²) in [5.74, 6) is 0.389. The van der Waals surface area contributed by atoms with E-state index in [1.807, 2.05) is 13.0 Å². The zero-order valence-electron chi connectivity index (χ0n) is 10.2. The second-order valence-electron chi connectivity index (χ2n) is 4.29. The number of hydrogen-bond acceptors (Lipinski definition) is 4. The largest absolute Gasteiger partial charge is 0.396 e. The van der Waals surface area contributed by atoms with Crippen LogP contribution in [0.1, 0.15) is 18.9 Å². The predicted octanol–water partition coefficient (Wildman–Crippen LogP) is 2.47. The van der Waals surface area contributed by atoms with Gasteiger partial charge in [0.1, 0.15) is 0 Å². The van der Waals surface area contributed by atoms with Crippen LogP contribution < -0.4 is 5.32 Å². The molecule has 1 unspecified atom stereocenters. The average molecular weight is 317 g/mol. The fourth-order valence-corrected chi connectivity index (χ4v) is 1.98. The Kier molecular flexibility index (Phi) is 6.24. The third-order valence-corrected chi connectivity index (χ3v) is 3.32. The van der Waals surface area contributed by atoms with E-state index in [0.717, 1.165) is 18.5 Å². The van der Waals surface area contributed by atoms with Crippen LogP contribution in [0.5, 0.6) is 0 Å². The van der Waals surface area contributed by atoms with E-state index in [0.29, 0.717) is 16.9 Å². The van der Waals surface area contributed by atoms with Crippen LogP contribution in [0.2, 0.25) is 0 Å². The van der Waals surface area contributed by atoms with Crippen LogP contribution >= 0.6 is 15.9 Å². The van der Waals surface area contributed by atoms with Crippen molar-refractivity contribution in [2.45, 2.75) is 19.9 Å². The highest BCUT2D eigenvalue weighted by Gasteiger charge is 2.12. The van der Waals surface area contributed by atoms with Gasteiger partial charge >= 0.3 is 0 Å². The first-order valence-electron chi connectivity index (χ1n) is 5.79. The van der Waals surface area contributed by atoms with Gasteiger partial charge in [0.2, 0.25) is 0 Å². The summed E-state index contributed by atoms with van der Waals surface area (Å²) in [5, 5.41) is 22.8. The lowest BCUT2D eigenvalue weighted by Crippen LogP contribution is -2.21. The maximum absolute atomic E-state index is 10.8. The fourth-order valence-electron chi connectivity index (χ4n) is 1.59. The molecule has 0 heterocycles. The lowest BCUT2D eigenvalue weighted by molar-refractivity contribution is -0.385. The molecule has 0 saturated carbocycles. The van der Waals surface area contributed by atoms with Crippen molar-refractivity contribution >= 4 is 21.6 Å². The third kappa shape index (κ3) is 4.72. The summed E-state index contributed by atoms with van der Waals surface area (Å²) < 4.78 is 0.491. The first-order chi connectivity index (χ1) is 8.54. The smallest absolute Gasteiger partial charge is 0.283 e. The summed E-state index contributed by atoms with van der Waals surface area (Å²) >= 11 is 3.15. The molecule has 0 aliphatic rings. The third-order valence-electron chi connectivity index (χ3n) is 2.65. The van der Waals surface area contributed by atoms with Gasteiger partial charge in [0.15, 0.2) is 0 Å². The van der Waals surface area contributed by atoms with Gasteiger partial charge in [-0.2, -0.15) is 0 Å². The summed E-state index contributed by atoms with van der Waals surface area (Å²) in [6, 6.07) is 5.10. The van der Waals surface area contributed by atoms with Crippen LogP contribution in [-0.2, 0) is 6.54 Å². The Hall–Kier alpha value is -0.980. The monoisotopic (exact) mass is 316 g/mol. The second-order valence-corrected chi connectivity index (χ2v) is 5.15. The van der Waals surface area contributed by atoms with E-state index in [4.69, 9.17) is 5.11 Å². The minimum atomic E-state index is -0.401. The number of nitrogens with zero attached hydrogens (tertiary/aromatic N) is 1. The van der Waals surface area contributed by atoms with Crippen molar-refractivity contribution < 1.29 is 10.0 Å². The zero-order chi connectivity index (χ0) is 13.5. The van der Waals surface area contributed by atoms with Gasteiger partial charge in [0.25, 0.3) is 5.69 Å². The molecule has 0 fully saturated rings. The molecule has 0 aliphatic heterocycles. The molecule has 2 N–H and O–H groups in total. The molecule has 0 bridgehead atoms. The highest BCUT2D eigenvalue weighted by Crippen LogP contribution is 2.25. The Morgan fingerprint density at radius 2 is 2.28 bits per heavy atom. The highest BCUT2D eigenvalue weighted by molar-refractivity contribution is 9.10. The van der Waals surface area contributed by atoms with Gasteiger partial charge in [-0.15, -0.1) is 0 Å². The van der Waals surface area contributed by atoms with Crippen molar-refractivity contribution in [2.24, 2.45) is 5.92 Å². The fraction of sp³-hybridized carbons (Fsp3) is 0.500. The Labute approximate surface area is 114 Å². The summed E-state index contributed by atoms with van der Waals surface area (Å²) in [7, 11) is 0. The first kappa shape index (κ1) is 15.1. The van der Waals surface area contributed by atoms with Crippen molar-refractivity contribution in [3.05, 3.63) is 38.3 Å². The Balaban J connectivity index is 2.53. The molecule has 0 aliphatic carbocycles. The van der Waals surface area contributed by atoms with E-state index in [9.17, 15) is 10.1 Å². The van der Waals surface area contributed by atoms with Crippen LogP contribution in [-0.4, -0.2) is 23.2 Å². The molecule has 18 heavy (non-hydrogen) atoms. The zero-order valence-corrected chi connectivity index (χ0v) is 11.8. The number of nitrogens with one attached hydrogen (secondary N) is 1. The van der Waals surface area contributed by atoms with Crippen LogP contribution in [0.3, 0.4) is 0 Å². The predicted molar refractivity (Wildman–Crippen MR) is 73.4 cm³/mol. The first-order valence-corrected chi connectivity index (χ1v) is 6.58. The van der Waals surface area contributed by atoms with Crippen molar-refractivity contribution in [2.75, 3.05) is 13.2 Å². The number of nitro groups is 1. The van der Waals surface area contributed by atoms with E-state index in [-0.39, 0.29) is 12.3 Å². The van der Waals surface area contributed by atoms with Crippen LogP contribution in [0.4, 0.5) is 5.69 Å². The quantitative estimate of drug-likeness (QED) is 0.598. The average Bonchev–Trinajstić information content (AvgIpc) is 2.31. The number of halogens is 1. The highest BCUT2D eigenvalue weighted by atomic mass is 79.9. The molecule has 1 atom stereocenters. The minimum Gasteiger partial charge on any atom is -0.396 e. The molecule has 0 spiro atoms. The molecular weight excluding hydrogens is 300 g/mol.